The SMILES string of the molecule is O=C(CS[C@H]1CC(=O)N(c2ccc(Br)cc2)C1=O)Nc1ccc2ccccc2c1. The van der Waals surface area contributed by atoms with E-state index in [0.29, 0.717) is 11.4 Å². The standard InChI is InChI=1S/C22H17BrN2O3S/c23-16-6-9-18(10-7-16)25-21(27)12-19(22(25)28)29-13-20(26)24-17-8-5-14-3-1-2-4-15(14)11-17/h1-11,19H,12-13H2,(H,24,26)/t19-/m0/s1. The topological polar surface area (TPSA) is 66.5 Å². The van der Waals surface area contributed by atoms with Crippen LogP contribution in [-0.4, -0.2) is 28.7 Å². The fourth-order valence-corrected chi connectivity index (χ4v) is 4.43. The highest BCUT2D eigenvalue weighted by Gasteiger charge is 2.40. The Morgan fingerprint density at radius 1 is 1.03 bits per heavy atom. The molecule has 0 saturated carbocycles. The Morgan fingerprint density at radius 3 is 2.52 bits per heavy atom. The van der Waals surface area contributed by atoms with Gasteiger partial charge in [0.1, 0.15) is 0 Å². The summed E-state index contributed by atoms with van der Waals surface area (Å²) in [5, 5.41) is 4.45. The van der Waals surface area contributed by atoms with Crippen LogP contribution in [0.3, 0.4) is 0 Å². The third kappa shape index (κ3) is 4.36. The van der Waals surface area contributed by atoms with Gasteiger partial charge in [0.15, 0.2) is 0 Å². The van der Waals surface area contributed by atoms with Gasteiger partial charge in [-0.2, -0.15) is 0 Å². The highest BCUT2D eigenvalue weighted by Crippen LogP contribution is 2.30. The summed E-state index contributed by atoms with van der Waals surface area (Å²) in [4.78, 5) is 38.5. The summed E-state index contributed by atoms with van der Waals surface area (Å²) in [7, 11) is 0. The molecular weight excluding hydrogens is 452 g/mol. The lowest BCUT2D eigenvalue weighted by atomic mass is 10.1. The minimum atomic E-state index is -0.548. The molecule has 0 aliphatic carbocycles. The van der Waals surface area contributed by atoms with Gasteiger partial charge in [-0.1, -0.05) is 46.3 Å². The number of hydrogen-bond donors (Lipinski definition) is 1. The molecule has 3 amide bonds. The fourth-order valence-electron chi connectivity index (χ4n) is 3.24. The average Bonchev–Trinajstić information content (AvgIpc) is 3.00. The van der Waals surface area contributed by atoms with Crippen molar-refractivity contribution < 1.29 is 14.4 Å². The predicted molar refractivity (Wildman–Crippen MR) is 120 cm³/mol. The summed E-state index contributed by atoms with van der Waals surface area (Å²) >= 11 is 4.54. The van der Waals surface area contributed by atoms with Gasteiger partial charge in [-0.05, 0) is 47.2 Å². The van der Waals surface area contributed by atoms with Crippen LogP contribution in [0.4, 0.5) is 11.4 Å². The van der Waals surface area contributed by atoms with Crippen molar-refractivity contribution in [1.82, 2.24) is 0 Å². The van der Waals surface area contributed by atoms with E-state index in [9.17, 15) is 14.4 Å². The van der Waals surface area contributed by atoms with Gasteiger partial charge in [0.05, 0.1) is 16.7 Å². The molecule has 7 heteroatoms. The second kappa shape index (κ2) is 8.39. The molecule has 1 saturated heterocycles. The van der Waals surface area contributed by atoms with Crippen LogP contribution >= 0.6 is 27.7 Å². The van der Waals surface area contributed by atoms with Crippen molar-refractivity contribution in [3.8, 4) is 0 Å². The first kappa shape index (κ1) is 19.7. The maximum absolute atomic E-state index is 12.7. The Labute approximate surface area is 180 Å². The Balaban J connectivity index is 1.37. The molecule has 1 aliphatic rings. The minimum absolute atomic E-state index is 0.100. The fraction of sp³-hybridized carbons (Fsp3) is 0.136. The average molecular weight is 469 g/mol. The first-order chi connectivity index (χ1) is 14.0. The van der Waals surface area contributed by atoms with Crippen molar-refractivity contribution in [2.24, 2.45) is 0 Å². The second-order valence-corrected chi connectivity index (χ2v) is 8.76. The molecule has 146 valence electrons. The van der Waals surface area contributed by atoms with E-state index in [0.717, 1.165) is 15.2 Å². The molecule has 0 bridgehead atoms. The maximum atomic E-state index is 12.7. The molecule has 1 heterocycles. The maximum Gasteiger partial charge on any atom is 0.247 e. The van der Waals surface area contributed by atoms with Crippen LogP contribution in [0, 0.1) is 0 Å². The highest BCUT2D eigenvalue weighted by molar-refractivity contribution is 9.10. The molecule has 1 fully saturated rings. The zero-order valence-corrected chi connectivity index (χ0v) is 17.7. The van der Waals surface area contributed by atoms with Gasteiger partial charge < -0.3 is 5.32 Å². The normalized spacial score (nSPS) is 16.4. The van der Waals surface area contributed by atoms with Crippen molar-refractivity contribution in [3.63, 3.8) is 0 Å². The third-order valence-electron chi connectivity index (χ3n) is 4.64. The molecule has 0 aromatic heterocycles. The van der Waals surface area contributed by atoms with E-state index in [1.807, 2.05) is 42.5 Å². The van der Waals surface area contributed by atoms with Crippen molar-refractivity contribution in [2.45, 2.75) is 11.7 Å². The molecule has 3 aromatic rings. The molecule has 4 rings (SSSR count). The number of amides is 3. The predicted octanol–water partition coefficient (Wildman–Crippen LogP) is 4.61. The van der Waals surface area contributed by atoms with Crippen LogP contribution in [0.5, 0.6) is 0 Å². The number of benzene rings is 3. The molecule has 0 radical (unpaired) electrons. The second-order valence-electron chi connectivity index (χ2n) is 6.66. The number of carbonyl (C=O) groups is 3. The quantitative estimate of drug-likeness (QED) is 0.555. The Morgan fingerprint density at radius 2 is 1.76 bits per heavy atom. The molecule has 0 spiro atoms. The third-order valence-corrected chi connectivity index (χ3v) is 6.37. The molecule has 0 unspecified atom stereocenters. The lowest BCUT2D eigenvalue weighted by Crippen LogP contribution is -2.31. The molecule has 1 N–H and O–H groups in total. The number of hydrogen-bond acceptors (Lipinski definition) is 4. The molecule has 1 atom stereocenters. The Kier molecular flexibility index (Phi) is 5.69. The monoisotopic (exact) mass is 468 g/mol. The summed E-state index contributed by atoms with van der Waals surface area (Å²) in [5.41, 5.74) is 1.26. The summed E-state index contributed by atoms with van der Waals surface area (Å²) in [6.07, 6.45) is 0.100. The van der Waals surface area contributed by atoms with E-state index >= 15 is 0 Å². The van der Waals surface area contributed by atoms with E-state index in [1.54, 1.807) is 24.3 Å². The summed E-state index contributed by atoms with van der Waals surface area (Å²) < 4.78 is 0.872. The number of fused-ring (bicyclic) bond motifs is 1. The number of nitrogens with zero attached hydrogens (tertiary/aromatic N) is 1. The van der Waals surface area contributed by atoms with Crippen LogP contribution in [0.2, 0.25) is 0 Å². The van der Waals surface area contributed by atoms with E-state index < -0.39 is 5.25 Å². The van der Waals surface area contributed by atoms with Crippen LogP contribution in [0.25, 0.3) is 10.8 Å². The summed E-state index contributed by atoms with van der Waals surface area (Å²) in [6.45, 7) is 0. The lowest BCUT2D eigenvalue weighted by Gasteiger charge is -2.15. The van der Waals surface area contributed by atoms with Crippen molar-refractivity contribution in [2.75, 3.05) is 16.0 Å². The lowest BCUT2D eigenvalue weighted by molar-refractivity contribution is -0.121. The number of nitrogens with one attached hydrogen (secondary N) is 1. The van der Waals surface area contributed by atoms with Crippen LogP contribution in [-0.2, 0) is 14.4 Å². The van der Waals surface area contributed by atoms with Gasteiger partial charge in [0, 0.05) is 16.6 Å². The smallest absolute Gasteiger partial charge is 0.247 e. The molecule has 29 heavy (non-hydrogen) atoms. The van der Waals surface area contributed by atoms with Gasteiger partial charge >= 0.3 is 0 Å². The molecule has 3 aromatic carbocycles. The highest BCUT2D eigenvalue weighted by atomic mass is 79.9. The van der Waals surface area contributed by atoms with Crippen molar-refractivity contribution >= 4 is 67.6 Å². The van der Waals surface area contributed by atoms with Gasteiger partial charge in [-0.3, -0.25) is 14.4 Å². The first-order valence-electron chi connectivity index (χ1n) is 9.04. The van der Waals surface area contributed by atoms with E-state index in [4.69, 9.17) is 0 Å². The largest absolute Gasteiger partial charge is 0.325 e. The first-order valence-corrected chi connectivity index (χ1v) is 10.9. The zero-order chi connectivity index (χ0) is 20.4. The van der Waals surface area contributed by atoms with Crippen molar-refractivity contribution in [3.05, 3.63) is 71.2 Å². The minimum Gasteiger partial charge on any atom is -0.325 e. The Bertz CT molecular complexity index is 1100. The van der Waals surface area contributed by atoms with Gasteiger partial charge in [-0.15, -0.1) is 11.8 Å². The number of anilines is 2. The molecular formula is C22H17BrN2O3S. The van der Waals surface area contributed by atoms with Crippen molar-refractivity contribution in [1.29, 1.82) is 0 Å². The summed E-state index contributed by atoms with van der Waals surface area (Å²) in [5.74, 6) is -0.622. The van der Waals surface area contributed by atoms with E-state index in [2.05, 4.69) is 21.2 Å². The van der Waals surface area contributed by atoms with Gasteiger partial charge in [-0.25, -0.2) is 4.90 Å². The zero-order valence-electron chi connectivity index (χ0n) is 15.3. The molecule has 1 aliphatic heterocycles. The number of halogens is 1. The van der Waals surface area contributed by atoms with Crippen LogP contribution in [0.1, 0.15) is 6.42 Å². The van der Waals surface area contributed by atoms with E-state index in [1.165, 1.54) is 16.7 Å². The number of carbonyl (C=O) groups excluding carboxylic acids is 3. The number of thioether (sulfide) groups is 1. The van der Waals surface area contributed by atoms with Gasteiger partial charge in [0.2, 0.25) is 17.7 Å². The summed E-state index contributed by atoms with van der Waals surface area (Å²) in [6, 6.07) is 20.6. The van der Waals surface area contributed by atoms with Crippen LogP contribution < -0.4 is 10.2 Å². The number of imide groups is 1. The van der Waals surface area contributed by atoms with Crippen LogP contribution in [0.15, 0.2) is 71.2 Å². The number of rotatable bonds is 5. The Hall–Kier alpha value is -2.64. The van der Waals surface area contributed by atoms with Gasteiger partial charge in [0.25, 0.3) is 0 Å². The van der Waals surface area contributed by atoms with E-state index in [-0.39, 0.29) is 29.9 Å². The molecule has 5 nitrogen and oxygen atoms in total.